The molecule has 0 aliphatic rings. The van der Waals surface area contributed by atoms with Gasteiger partial charge in [0.05, 0.1) is 6.10 Å². The number of hydrogen-bond donors (Lipinski definition) is 0. The van der Waals surface area contributed by atoms with Crippen LogP contribution in [0, 0.1) is 0 Å². The van der Waals surface area contributed by atoms with E-state index in [1.807, 2.05) is 32.0 Å². The number of ether oxygens (including phenoxy) is 1. The minimum absolute atomic E-state index is 0.137. The van der Waals surface area contributed by atoms with Crippen LogP contribution in [0.2, 0.25) is 0 Å². The first-order chi connectivity index (χ1) is 8.06. The number of nitrogens with zero attached hydrogens (tertiary/aromatic N) is 1. The van der Waals surface area contributed by atoms with Crippen molar-refractivity contribution in [2.75, 3.05) is 0 Å². The molecule has 2 rings (SSSR count). The Morgan fingerprint density at radius 2 is 2.06 bits per heavy atom. The zero-order valence-electron chi connectivity index (χ0n) is 9.61. The van der Waals surface area contributed by atoms with Crippen molar-refractivity contribution in [1.82, 2.24) is 4.98 Å². The maximum atomic E-state index is 11.7. The third kappa shape index (κ3) is 2.82. The summed E-state index contributed by atoms with van der Waals surface area (Å²) in [5, 5.41) is 1.96. The average molecular weight is 294 g/mol. The van der Waals surface area contributed by atoms with Crippen LogP contribution >= 0.6 is 15.9 Å². The number of benzene rings is 1. The predicted molar refractivity (Wildman–Crippen MR) is 70.0 cm³/mol. The van der Waals surface area contributed by atoms with E-state index in [1.165, 1.54) is 0 Å². The summed E-state index contributed by atoms with van der Waals surface area (Å²) in [5.41, 5.74) is 0.337. The lowest BCUT2D eigenvalue weighted by atomic mass is 10.1. The predicted octanol–water partition coefficient (Wildman–Crippen LogP) is 3.56. The lowest BCUT2D eigenvalue weighted by Gasteiger charge is -2.07. The van der Waals surface area contributed by atoms with Gasteiger partial charge in [0.2, 0.25) is 0 Å². The van der Waals surface area contributed by atoms with Crippen LogP contribution in [0.3, 0.4) is 0 Å². The summed E-state index contributed by atoms with van der Waals surface area (Å²) in [6.45, 7) is 3.63. The lowest BCUT2D eigenvalue weighted by molar-refractivity contribution is 0.0371. The Kier molecular flexibility index (Phi) is 3.43. The van der Waals surface area contributed by atoms with Crippen molar-refractivity contribution >= 4 is 32.7 Å². The minimum atomic E-state index is -0.387. The van der Waals surface area contributed by atoms with Gasteiger partial charge in [0.15, 0.2) is 0 Å². The highest BCUT2D eigenvalue weighted by Gasteiger charge is 2.11. The third-order valence-electron chi connectivity index (χ3n) is 2.24. The van der Waals surface area contributed by atoms with E-state index in [0.717, 1.165) is 15.2 Å². The molecule has 0 aliphatic heterocycles. The molecular formula is C13H12BrNO2. The molecule has 3 nitrogen and oxygen atoms in total. The van der Waals surface area contributed by atoms with E-state index >= 15 is 0 Å². The summed E-state index contributed by atoms with van der Waals surface area (Å²) >= 11 is 3.40. The van der Waals surface area contributed by atoms with Crippen LogP contribution in [-0.2, 0) is 4.74 Å². The maximum absolute atomic E-state index is 11.7. The molecule has 0 fully saturated rings. The van der Waals surface area contributed by atoms with Gasteiger partial charge in [-0.25, -0.2) is 9.78 Å². The Labute approximate surface area is 108 Å². The van der Waals surface area contributed by atoms with Crippen LogP contribution < -0.4 is 0 Å². The lowest BCUT2D eigenvalue weighted by Crippen LogP contribution is -2.12. The van der Waals surface area contributed by atoms with Gasteiger partial charge in [-0.1, -0.05) is 22.0 Å². The quantitative estimate of drug-likeness (QED) is 0.795. The van der Waals surface area contributed by atoms with Gasteiger partial charge < -0.3 is 4.74 Å². The van der Waals surface area contributed by atoms with Gasteiger partial charge in [-0.15, -0.1) is 0 Å². The molecule has 0 saturated carbocycles. The molecule has 4 heteroatoms. The molecule has 1 aromatic carbocycles. The maximum Gasteiger partial charge on any atom is 0.357 e. The number of aromatic nitrogens is 1. The highest BCUT2D eigenvalue weighted by atomic mass is 79.9. The first-order valence-electron chi connectivity index (χ1n) is 5.32. The fraction of sp³-hybridized carbons (Fsp3) is 0.231. The molecule has 0 unspecified atom stereocenters. The second-order valence-electron chi connectivity index (χ2n) is 4.02. The molecular weight excluding hydrogens is 282 g/mol. The van der Waals surface area contributed by atoms with Gasteiger partial charge in [0.1, 0.15) is 5.69 Å². The van der Waals surface area contributed by atoms with E-state index in [1.54, 1.807) is 12.3 Å². The fourth-order valence-electron chi connectivity index (χ4n) is 1.50. The van der Waals surface area contributed by atoms with Crippen molar-refractivity contribution in [3.05, 3.63) is 40.6 Å². The summed E-state index contributed by atoms with van der Waals surface area (Å²) in [6.07, 6.45) is 1.54. The van der Waals surface area contributed by atoms with Crippen LogP contribution in [0.1, 0.15) is 24.3 Å². The van der Waals surface area contributed by atoms with E-state index in [-0.39, 0.29) is 12.1 Å². The van der Waals surface area contributed by atoms with Gasteiger partial charge >= 0.3 is 5.97 Å². The molecule has 0 radical (unpaired) electrons. The van der Waals surface area contributed by atoms with Crippen LogP contribution in [-0.4, -0.2) is 17.1 Å². The number of esters is 1. The van der Waals surface area contributed by atoms with E-state index in [2.05, 4.69) is 20.9 Å². The summed E-state index contributed by atoms with van der Waals surface area (Å²) in [5.74, 6) is -0.387. The topological polar surface area (TPSA) is 39.2 Å². The number of carbonyl (C=O) groups is 1. The standard InChI is InChI=1S/C13H12BrNO2/c1-8(2)17-13(16)12-6-10-5-11(14)4-3-9(10)7-15-12/h3-8H,1-2H3. The second kappa shape index (κ2) is 4.84. The minimum Gasteiger partial charge on any atom is -0.458 e. The molecule has 17 heavy (non-hydrogen) atoms. The second-order valence-corrected chi connectivity index (χ2v) is 4.93. The van der Waals surface area contributed by atoms with Crippen molar-refractivity contribution in [3.8, 4) is 0 Å². The van der Waals surface area contributed by atoms with E-state index in [4.69, 9.17) is 4.74 Å². The number of halogens is 1. The Morgan fingerprint density at radius 1 is 1.29 bits per heavy atom. The van der Waals surface area contributed by atoms with Crippen LogP contribution in [0.5, 0.6) is 0 Å². The normalized spacial score (nSPS) is 10.8. The van der Waals surface area contributed by atoms with Crippen molar-refractivity contribution < 1.29 is 9.53 Å². The van der Waals surface area contributed by atoms with Crippen LogP contribution in [0.15, 0.2) is 34.9 Å². The van der Waals surface area contributed by atoms with Gasteiger partial charge in [0, 0.05) is 16.1 Å². The van der Waals surface area contributed by atoms with Crippen molar-refractivity contribution in [2.45, 2.75) is 20.0 Å². The molecule has 2 aromatic rings. The van der Waals surface area contributed by atoms with E-state index in [9.17, 15) is 4.79 Å². The molecule has 1 aromatic heterocycles. The number of fused-ring (bicyclic) bond motifs is 1. The monoisotopic (exact) mass is 293 g/mol. The molecule has 0 amide bonds. The summed E-state index contributed by atoms with van der Waals surface area (Å²) in [7, 11) is 0. The zero-order chi connectivity index (χ0) is 12.4. The van der Waals surface area contributed by atoms with Crippen molar-refractivity contribution in [3.63, 3.8) is 0 Å². The highest BCUT2D eigenvalue weighted by Crippen LogP contribution is 2.20. The Balaban J connectivity index is 2.40. The van der Waals surface area contributed by atoms with E-state index in [0.29, 0.717) is 5.69 Å². The molecule has 0 atom stereocenters. The number of carbonyl (C=O) groups excluding carboxylic acids is 1. The van der Waals surface area contributed by atoms with Crippen molar-refractivity contribution in [2.24, 2.45) is 0 Å². The first kappa shape index (κ1) is 12.0. The number of hydrogen-bond acceptors (Lipinski definition) is 3. The fourth-order valence-corrected chi connectivity index (χ4v) is 1.88. The first-order valence-corrected chi connectivity index (χ1v) is 6.12. The molecule has 88 valence electrons. The summed E-state index contributed by atoms with van der Waals surface area (Å²) in [4.78, 5) is 15.8. The summed E-state index contributed by atoms with van der Waals surface area (Å²) in [6, 6.07) is 7.58. The van der Waals surface area contributed by atoms with Gasteiger partial charge in [-0.2, -0.15) is 0 Å². The van der Waals surface area contributed by atoms with E-state index < -0.39 is 0 Å². The van der Waals surface area contributed by atoms with Gasteiger partial charge in [-0.05, 0) is 37.4 Å². The Morgan fingerprint density at radius 3 is 2.76 bits per heavy atom. The molecule has 0 saturated heterocycles. The summed E-state index contributed by atoms with van der Waals surface area (Å²) < 4.78 is 6.07. The van der Waals surface area contributed by atoms with Crippen LogP contribution in [0.25, 0.3) is 10.8 Å². The molecule has 0 bridgehead atoms. The third-order valence-corrected chi connectivity index (χ3v) is 2.73. The Hall–Kier alpha value is -1.42. The van der Waals surface area contributed by atoms with Crippen molar-refractivity contribution in [1.29, 1.82) is 0 Å². The van der Waals surface area contributed by atoms with Gasteiger partial charge in [0.25, 0.3) is 0 Å². The average Bonchev–Trinajstić information content (AvgIpc) is 2.27. The highest BCUT2D eigenvalue weighted by molar-refractivity contribution is 9.10. The van der Waals surface area contributed by atoms with Crippen LogP contribution in [0.4, 0.5) is 0 Å². The SMILES string of the molecule is CC(C)OC(=O)c1cc2cc(Br)ccc2cn1. The molecule has 0 spiro atoms. The van der Waals surface area contributed by atoms with Gasteiger partial charge in [-0.3, -0.25) is 0 Å². The zero-order valence-corrected chi connectivity index (χ0v) is 11.2. The Bertz CT molecular complexity index is 566. The molecule has 0 aliphatic carbocycles. The molecule has 0 N–H and O–H groups in total. The molecule has 1 heterocycles. The smallest absolute Gasteiger partial charge is 0.357 e. The number of pyridine rings is 1. The largest absolute Gasteiger partial charge is 0.458 e. The number of rotatable bonds is 2.